The van der Waals surface area contributed by atoms with E-state index in [0.717, 1.165) is 19.6 Å². The van der Waals surface area contributed by atoms with Crippen molar-refractivity contribution >= 4 is 44.3 Å². The molecule has 1 aliphatic rings. The summed E-state index contributed by atoms with van der Waals surface area (Å²) < 4.78 is 33.3. The quantitative estimate of drug-likeness (QED) is 0.313. The number of benzene rings is 2. The van der Waals surface area contributed by atoms with Crippen molar-refractivity contribution in [2.75, 3.05) is 44.1 Å². The third-order valence-electron chi connectivity index (χ3n) is 6.02. The Hall–Kier alpha value is -3.51. The van der Waals surface area contributed by atoms with Crippen LogP contribution in [0.15, 0.2) is 65.7 Å². The number of carbonyl (C=O) groups is 1. The van der Waals surface area contributed by atoms with Crippen LogP contribution < -0.4 is 10.0 Å². The molecule has 5 rings (SSSR count). The predicted molar refractivity (Wildman–Crippen MR) is 141 cm³/mol. The normalized spacial score (nSPS) is 14.5. The van der Waals surface area contributed by atoms with Crippen molar-refractivity contribution in [2.24, 2.45) is 0 Å². The molecule has 1 saturated heterocycles. The van der Waals surface area contributed by atoms with Gasteiger partial charge in [0.15, 0.2) is 5.65 Å². The highest BCUT2D eigenvalue weighted by molar-refractivity contribution is 7.92. The number of rotatable bonds is 8. The Kier molecular flexibility index (Phi) is 7.38. The molecule has 0 saturated carbocycles. The molecule has 3 heterocycles. The predicted octanol–water partition coefficient (Wildman–Crippen LogP) is 3.14. The number of carbonyl (C=O) groups excluding carboxylic acids is 1. The van der Waals surface area contributed by atoms with Crippen LogP contribution in [-0.2, 0) is 14.8 Å². The lowest BCUT2D eigenvalue weighted by Gasteiger charge is -2.26. The van der Waals surface area contributed by atoms with Crippen molar-refractivity contribution in [3.8, 4) is 11.3 Å². The fraction of sp³-hybridized carbons (Fsp3) is 0.240. The topological polar surface area (TPSA) is 129 Å². The Bertz CT molecular complexity index is 1520. The number of halogens is 1. The van der Waals surface area contributed by atoms with E-state index in [9.17, 15) is 13.2 Å². The van der Waals surface area contributed by atoms with Crippen molar-refractivity contribution in [1.29, 1.82) is 0 Å². The molecule has 0 radical (unpaired) electrons. The summed E-state index contributed by atoms with van der Waals surface area (Å²) in [5.41, 5.74) is 2.60. The summed E-state index contributed by atoms with van der Waals surface area (Å²) in [5, 5.41) is 10.8. The van der Waals surface area contributed by atoms with E-state index in [2.05, 4.69) is 30.1 Å². The number of nitrogens with zero attached hydrogens (tertiary/aromatic N) is 3. The maximum Gasteiger partial charge on any atom is 0.261 e. The number of hydrogen-bond donors (Lipinski definition) is 3. The van der Waals surface area contributed by atoms with Crippen molar-refractivity contribution in [1.82, 2.24) is 25.4 Å². The number of amides is 1. The number of pyridine rings is 1. The molecule has 0 spiro atoms. The summed E-state index contributed by atoms with van der Waals surface area (Å²) in [7, 11) is -3.80. The van der Waals surface area contributed by atoms with E-state index >= 15 is 0 Å². The molecule has 37 heavy (non-hydrogen) atoms. The fourth-order valence-electron chi connectivity index (χ4n) is 4.07. The average Bonchev–Trinajstić information content (AvgIpc) is 3.38. The molecule has 0 unspecified atom stereocenters. The first kappa shape index (κ1) is 25.2. The molecule has 4 aromatic rings. The van der Waals surface area contributed by atoms with E-state index in [1.54, 1.807) is 48.7 Å². The Morgan fingerprint density at radius 1 is 1.11 bits per heavy atom. The second-order valence-electron chi connectivity index (χ2n) is 8.54. The molecule has 0 aliphatic carbocycles. The van der Waals surface area contributed by atoms with E-state index in [1.165, 1.54) is 12.1 Å². The average molecular weight is 541 g/mol. The Balaban J connectivity index is 1.32. The first-order valence-electron chi connectivity index (χ1n) is 11.7. The first-order chi connectivity index (χ1) is 17.9. The van der Waals surface area contributed by atoms with Crippen molar-refractivity contribution in [2.45, 2.75) is 4.90 Å². The maximum atomic E-state index is 13.0. The third-order valence-corrected chi connectivity index (χ3v) is 7.64. The molecule has 12 heteroatoms. The van der Waals surface area contributed by atoms with E-state index < -0.39 is 10.0 Å². The van der Waals surface area contributed by atoms with Gasteiger partial charge in [-0.3, -0.25) is 19.5 Å². The summed E-state index contributed by atoms with van der Waals surface area (Å²) >= 11 is 5.93. The summed E-state index contributed by atoms with van der Waals surface area (Å²) in [6, 6.07) is 14.5. The molecule has 10 nitrogen and oxygen atoms in total. The largest absolute Gasteiger partial charge is 0.379 e. The maximum absolute atomic E-state index is 13.0. The minimum Gasteiger partial charge on any atom is -0.379 e. The highest BCUT2D eigenvalue weighted by Gasteiger charge is 2.18. The number of aromatic nitrogens is 3. The molecule has 2 aromatic heterocycles. The lowest BCUT2D eigenvalue weighted by atomic mass is 10.1. The zero-order valence-electron chi connectivity index (χ0n) is 19.8. The lowest BCUT2D eigenvalue weighted by molar-refractivity contribution is 0.0383. The zero-order valence-corrected chi connectivity index (χ0v) is 21.3. The van der Waals surface area contributed by atoms with Gasteiger partial charge in [0.05, 0.1) is 40.9 Å². The number of sulfonamides is 1. The molecular weight excluding hydrogens is 516 g/mol. The summed E-state index contributed by atoms with van der Waals surface area (Å²) in [6.07, 6.45) is 1.58. The standard InChI is InChI=1S/C25H25ClN6O4S/c26-18-2-1-3-20(14-18)37(34,35)31-19-6-4-17(5-7-19)23-15-21(22-16-28-30-24(22)29-23)25(33)27-8-9-32-10-12-36-13-11-32/h1-7,14-16,31H,8-13H2,(H,27,33)(H,28,29,30). The second kappa shape index (κ2) is 10.9. The smallest absolute Gasteiger partial charge is 0.261 e. The number of anilines is 1. The SMILES string of the molecule is O=C(NCCN1CCOCC1)c1cc(-c2ccc(NS(=O)(=O)c3cccc(Cl)c3)cc2)nc2[nH]ncc12. The molecule has 3 N–H and O–H groups in total. The molecule has 1 amide bonds. The summed E-state index contributed by atoms with van der Waals surface area (Å²) in [5.74, 6) is -0.214. The van der Waals surface area contributed by atoms with Crippen molar-refractivity contribution in [3.05, 3.63) is 71.4 Å². The summed E-state index contributed by atoms with van der Waals surface area (Å²) in [6.45, 7) is 4.38. The van der Waals surface area contributed by atoms with E-state index in [1.807, 2.05) is 0 Å². The van der Waals surface area contributed by atoms with Crippen LogP contribution in [-0.4, -0.2) is 73.8 Å². The minimum atomic E-state index is -3.80. The van der Waals surface area contributed by atoms with Crippen LogP contribution in [0.1, 0.15) is 10.4 Å². The molecule has 0 atom stereocenters. The number of hydrogen-bond acceptors (Lipinski definition) is 7. The van der Waals surface area contributed by atoms with Gasteiger partial charge in [-0.1, -0.05) is 29.8 Å². The van der Waals surface area contributed by atoms with Gasteiger partial charge >= 0.3 is 0 Å². The van der Waals surface area contributed by atoms with Gasteiger partial charge in [-0.2, -0.15) is 5.10 Å². The van der Waals surface area contributed by atoms with Crippen molar-refractivity contribution in [3.63, 3.8) is 0 Å². The molecular formula is C25H25ClN6O4S. The number of H-pyrrole nitrogens is 1. The fourth-order valence-corrected chi connectivity index (χ4v) is 5.43. The van der Waals surface area contributed by atoms with E-state index in [0.29, 0.717) is 58.3 Å². The van der Waals surface area contributed by atoms with Crippen molar-refractivity contribution < 1.29 is 17.9 Å². The van der Waals surface area contributed by atoms with Crippen LogP contribution in [0, 0.1) is 0 Å². The van der Waals surface area contributed by atoms with Crippen LogP contribution in [0.25, 0.3) is 22.3 Å². The molecule has 192 valence electrons. The Morgan fingerprint density at radius 3 is 2.65 bits per heavy atom. The molecule has 2 aromatic carbocycles. The number of aromatic amines is 1. The van der Waals surface area contributed by atoms with Gasteiger partial charge in [0, 0.05) is 42.5 Å². The molecule has 0 bridgehead atoms. The number of ether oxygens (including phenoxy) is 1. The molecule has 1 fully saturated rings. The second-order valence-corrected chi connectivity index (χ2v) is 10.7. The monoisotopic (exact) mass is 540 g/mol. The van der Waals surface area contributed by atoms with Gasteiger partial charge in [0.25, 0.3) is 15.9 Å². The van der Waals surface area contributed by atoms with Crippen LogP contribution in [0.3, 0.4) is 0 Å². The highest BCUT2D eigenvalue weighted by Crippen LogP contribution is 2.26. The van der Waals surface area contributed by atoms with Crippen LogP contribution in [0.4, 0.5) is 5.69 Å². The Morgan fingerprint density at radius 2 is 1.89 bits per heavy atom. The first-order valence-corrected chi connectivity index (χ1v) is 13.6. The van der Waals surface area contributed by atoms with Gasteiger partial charge in [-0.25, -0.2) is 13.4 Å². The summed E-state index contributed by atoms with van der Waals surface area (Å²) in [4.78, 5) is 19.9. The van der Waals surface area contributed by atoms with Gasteiger partial charge in [-0.05, 0) is 36.4 Å². The Labute approximate surface area is 219 Å². The van der Waals surface area contributed by atoms with Crippen LogP contribution >= 0.6 is 11.6 Å². The van der Waals surface area contributed by atoms with E-state index in [4.69, 9.17) is 16.3 Å². The third kappa shape index (κ3) is 5.91. The van der Waals surface area contributed by atoms with E-state index in [-0.39, 0.29) is 10.8 Å². The van der Waals surface area contributed by atoms with Gasteiger partial charge < -0.3 is 10.1 Å². The lowest BCUT2D eigenvalue weighted by Crippen LogP contribution is -2.41. The van der Waals surface area contributed by atoms with Crippen LogP contribution in [0.5, 0.6) is 0 Å². The van der Waals surface area contributed by atoms with Gasteiger partial charge in [0.1, 0.15) is 0 Å². The van der Waals surface area contributed by atoms with Gasteiger partial charge in [0.2, 0.25) is 0 Å². The number of morpholine rings is 1. The molecule has 1 aliphatic heterocycles. The number of fused-ring (bicyclic) bond motifs is 1. The minimum absolute atomic E-state index is 0.0692. The number of nitrogens with one attached hydrogen (secondary N) is 3. The van der Waals surface area contributed by atoms with Gasteiger partial charge in [-0.15, -0.1) is 0 Å². The zero-order chi connectivity index (χ0) is 25.8. The van der Waals surface area contributed by atoms with Crippen LogP contribution in [0.2, 0.25) is 5.02 Å². The highest BCUT2D eigenvalue weighted by atomic mass is 35.5.